The first kappa shape index (κ1) is 23.0. The van der Waals surface area contributed by atoms with Crippen LogP contribution in [0.1, 0.15) is 39.2 Å². The van der Waals surface area contributed by atoms with Gasteiger partial charge in [0.25, 0.3) is 0 Å². The van der Waals surface area contributed by atoms with Crippen LogP contribution in [-0.4, -0.2) is 30.0 Å². The lowest BCUT2D eigenvalue weighted by Gasteiger charge is -2.31. The Kier molecular flexibility index (Phi) is 10.3. The number of hydrogen-bond acceptors (Lipinski definition) is 4. The highest BCUT2D eigenvalue weighted by molar-refractivity contribution is 5.85. The van der Waals surface area contributed by atoms with Gasteiger partial charge in [0.05, 0.1) is 0 Å². The summed E-state index contributed by atoms with van der Waals surface area (Å²) in [5, 5.41) is 2.91. The highest BCUT2D eigenvalue weighted by Gasteiger charge is 2.18. The van der Waals surface area contributed by atoms with Crippen molar-refractivity contribution >= 4 is 36.5 Å². The van der Waals surface area contributed by atoms with Crippen LogP contribution in [0.3, 0.4) is 0 Å². The van der Waals surface area contributed by atoms with E-state index in [2.05, 4.69) is 22.1 Å². The van der Waals surface area contributed by atoms with Gasteiger partial charge in [-0.25, -0.2) is 4.98 Å². The standard InChI is InChI=1S/C17H28N4O.2ClH/c1-12-6-8-21(9-7-12)16-5-4-15(10-19-16)11-20-17(22)13(2)14(3)18;;/h4-5,10,12-14H,6-9,11,18H2,1-3H3,(H,20,22);2*1H. The van der Waals surface area contributed by atoms with Crippen LogP contribution >= 0.6 is 24.8 Å². The minimum absolute atomic E-state index is 0. The van der Waals surface area contributed by atoms with Crippen LogP contribution < -0.4 is 16.0 Å². The van der Waals surface area contributed by atoms with Crippen LogP contribution in [0, 0.1) is 11.8 Å². The molecule has 5 nitrogen and oxygen atoms in total. The Morgan fingerprint density at radius 1 is 1.33 bits per heavy atom. The SMILES string of the molecule is CC1CCN(c2ccc(CNC(=O)C(C)C(C)N)cn2)CC1.Cl.Cl. The van der Waals surface area contributed by atoms with Crippen molar-refractivity contribution in [2.75, 3.05) is 18.0 Å². The molecule has 2 rings (SSSR count). The quantitative estimate of drug-likeness (QED) is 0.828. The number of anilines is 1. The Labute approximate surface area is 157 Å². The van der Waals surface area contributed by atoms with Gasteiger partial charge >= 0.3 is 0 Å². The maximum atomic E-state index is 11.9. The van der Waals surface area contributed by atoms with Gasteiger partial charge in [-0.1, -0.05) is 19.9 Å². The van der Waals surface area contributed by atoms with Crippen molar-refractivity contribution in [2.24, 2.45) is 17.6 Å². The summed E-state index contributed by atoms with van der Waals surface area (Å²) in [6.45, 7) is 8.66. The second-order valence-electron chi connectivity index (χ2n) is 6.56. The van der Waals surface area contributed by atoms with Crippen LogP contribution in [0.25, 0.3) is 0 Å². The number of pyridine rings is 1. The molecule has 3 N–H and O–H groups in total. The Balaban J connectivity index is 0.00000264. The van der Waals surface area contributed by atoms with Gasteiger partial charge in [-0.2, -0.15) is 0 Å². The first-order chi connectivity index (χ1) is 10.5. The monoisotopic (exact) mass is 376 g/mol. The summed E-state index contributed by atoms with van der Waals surface area (Å²) < 4.78 is 0. The fraction of sp³-hybridized carbons (Fsp3) is 0.647. The fourth-order valence-corrected chi connectivity index (χ4v) is 2.53. The Hall–Kier alpha value is -1.04. The second-order valence-corrected chi connectivity index (χ2v) is 6.56. The van der Waals surface area contributed by atoms with Gasteiger partial charge in [-0.05, 0) is 37.3 Å². The predicted molar refractivity (Wildman–Crippen MR) is 104 cm³/mol. The lowest BCUT2D eigenvalue weighted by atomic mass is 9.99. The fourth-order valence-electron chi connectivity index (χ4n) is 2.53. The average molecular weight is 377 g/mol. The van der Waals surface area contributed by atoms with Crippen molar-refractivity contribution in [2.45, 2.75) is 46.2 Å². The van der Waals surface area contributed by atoms with Crippen molar-refractivity contribution < 1.29 is 4.79 Å². The molecule has 0 saturated carbocycles. The summed E-state index contributed by atoms with van der Waals surface area (Å²) in [5.74, 6) is 1.66. The molecule has 1 amide bonds. The van der Waals surface area contributed by atoms with E-state index in [4.69, 9.17) is 5.73 Å². The molecule has 0 bridgehead atoms. The molecule has 1 fully saturated rings. The number of amides is 1. The summed E-state index contributed by atoms with van der Waals surface area (Å²) in [4.78, 5) is 18.8. The van der Waals surface area contributed by atoms with Gasteiger partial charge in [-0.15, -0.1) is 24.8 Å². The zero-order chi connectivity index (χ0) is 16.1. The van der Waals surface area contributed by atoms with Crippen LogP contribution in [0.5, 0.6) is 0 Å². The lowest BCUT2D eigenvalue weighted by Crippen LogP contribution is -2.38. The van der Waals surface area contributed by atoms with E-state index in [1.54, 1.807) is 0 Å². The van der Waals surface area contributed by atoms with Gasteiger partial charge in [-0.3, -0.25) is 4.79 Å². The highest BCUT2D eigenvalue weighted by Crippen LogP contribution is 2.21. The molecule has 1 aliphatic heterocycles. The summed E-state index contributed by atoms with van der Waals surface area (Å²) in [7, 11) is 0. The molecule has 1 aromatic rings. The van der Waals surface area contributed by atoms with Crippen molar-refractivity contribution in [1.82, 2.24) is 10.3 Å². The minimum atomic E-state index is -0.178. The number of rotatable bonds is 5. The molecule has 2 atom stereocenters. The first-order valence-electron chi connectivity index (χ1n) is 8.20. The smallest absolute Gasteiger partial charge is 0.224 e. The third-order valence-corrected chi connectivity index (χ3v) is 4.59. The molecule has 7 heteroatoms. The molecule has 2 unspecified atom stereocenters. The van der Waals surface area contributed by atoms with Crippen molar-refractivity contribution in [3.63, 3.8) is 0 Å². The van der Waals surface area contributed by atoms with E-state index in [9.17, 15) is 4.79 Å². The number of hydrogen-bond donors (Lipinski definition) is 2. The van der Waals surface area contributed by atoms with Crippen molar-refractivity contribution in [1.29, 1.82) is 0 Å². The Bertz CT molecular complexity index is 488. The van der Waals surface area contributed by atoms with Gasteiger partial charge in [0, 0.05) is 37.8 Å². The van der Waals surface area contributed by atoms with Crippen LogP contribution in [0.2, 0.25) is 0 Å². The number of halogens is 2. The number of nitrogens with zero attached hydrogens (tertiary/aromatic N) is 2. The van der Waals surface area contributed by atoms with Crippen LogP contribution in [0.15, 0.2) is 18.3 Å². The molecule has 2 heterocycles. The molecular weight excluding hydrogens is 347 g/mol. The van der Waals surface area contributed by atoms with E-state index in [0.717, 1.165) is 30.4 Å². The third-order valence-electron chi connectivity index (χ3n) is 4.59. The average Bonchev–Trinajstić information content (AvgIpc) is 2.53. The molecule has 138 valence electrons. The van der Waals surface area contributed by atoms with Gasteiger partial charge in [0.1, 0.15) is 5.82 Å². The van der Waals surface area contributed by atoms with E-state index >= 15 is 0 Å². The minimum Gasteiger partial charge on any atom is -0.357 e. The van der Waals surface area contributed by atoms with Gasteiger partial charge in [0.2, 0.25) is 5.91 Å². The van der Waals surface area contributed by atoms with Crippen LogP contribution in [-0.2, 0) is 11.3 Å². The number of carbonyl (C=O) groups excluding carboxylic acids is 1. The number of nitrogens with one attached hydrogen (secondary N) is 1. The molecule has 0 spiro atoms. The lowest BCUT2D eigenvalue weighted by molar-refractivity contribution is -0.125. The van der Waals surface area contributed by atoms with Crippen LogP contribution in [0.4, 0.5) is 5.82 Å². The Morgan fingerprint density at radius 3 is 2.46 bits per heavy atom. The largest absolute Gasteiger partial charge is 0.357 e. The van der Waals surface area contributed by atoms with E-state index < -0.39 is 0 Å². The molecular formula is C17H30Cl2N4O. The molecule has 0 aromatic carbocycles. The molecule has 0 aliphatic carbocycles. The van der Waals surface area contributed by atoms with E-state index in [1.807, 2.05) is 32.2 Å². The van der Waals surface area contributed by atoms with E-state index in [-0.39, 0.29) is 42.7 Å². The zero-order valence-electron chi connectivity index (χ0n) is 14.7. The highest BCUT2D eigenvalue weighted by atomic mass is 35.5. The van der Waals surface area contributed by atoms with Gasteiger partial charge < -0.3 is 16.0 Å². The summed E-state index contributed by atoms with van der Waals surface area (Å²) >= 11 is 0. The van der Waals surface area contributed by atoms with Crippen molar-refractivity contribution in [3.05, 3.63) is 23.9 Å². The number of nitrogens with two attached hydrogens (primary N) is 1. The predicted octanol–water partition coefficient (Wildman–Crippen LogP) is 2.76. The van der Waals surface area contributed by atoms with Gasteiger partial charge in [0.15, 0.2) is 0 Å². The first-order valence-corrected chi connectivity index (χ1v) is 8.20. The summed E-state index contributed by atoms with van der Waals surface area (Å²) in [6, 6.07) is 3.95. The topological polar surface area (TPSA) is 71.2 Å². The molecule has 1 aromatic heterocycles. The number of piperidine rings is 1. The normalized spacial score (nSPS) is 17.2. The molecule has 0 radical (unpaired) electrons. The summed E-state index contributed by atoms with van der Waals surface area (Å²) in [6.07, 6.45) is 4.31. The maximum absolute atomic E-state index is 11.9. The molecule has 1 saturated heterocycles. The third kappa shape index (κ3) is 6.46. The molecule has 24 heavy (non-hydrogen) atoms. The zero-order valence-corrected chi connectivity index (χ0v) is 16.3. The Morgan fingerprint density at radius 2 is 1.96 bits per heavy atom. The molecule has 1 aliphatic rings. The number of aromatic nitrogens is 1. The summed E-state index contributed by atoms with van der Waals surface area (Å²) in [5.41, 5.74) is 6.75. The van der Waals surface area contributed by atoms with E-state index in [0.29, 0.717) is 6.54 Å². The van der Waals surface area contributed by atoms with E-state index in [1.165, 1.54) is 12.8 Å². The second kappa shape index (κ2) is 10.7. The maximum Gasteiger partial charge on any atom is 0.224 e. The van der Waals surface area contributed by atoms with Crippen molar-refractivity contribution in [3.8, 4) is 0 Å². The number of carbonyl (C=O) groups is 1.